The van der Waals surface area contributed by atoms with Crippen LogP contribution in [0.2, 0.25) is 0 Å². The fraction of sp³-hybridized carbons (Fsp3) is 0.429. The van der Waals surface area contributed by atoms with E-state index in [2.05, 4.69) is 15.2 Å². The number of anilines is 1. The van der Waals surface area contributed by atoms with Crippen LogP contribution < -0.4 is 4.90 Å². The Labute approximate surface area is 123 Å². The van der Waals surface area contributed by atoms with Crippen molar-refractivity contribution in [3.05, 3.63) is 24.5 Å². The van der Waals surface area contributed by atoms with Crippen LogP contribution in [0.15, 0.2) is 24.5 Å². The lowest BCUT2D eigenvalue weighted by atomic mass is 10.2. The molecule has 2 aromatic heterocycles. The minimum atomic E-state index is 0.101. The number of likely N-dealkylation sites (N-methyl/N-ethyl adjacent to an activating group) is 1. The molecule has 1 aliphatic rings. The van der Waals surface area contributed by atoms with Gasteiger partial charge in [-0.2, -0.15) is 0 Å². The number of amides is 1. The molecule has 3 rings (SSSR count). The van der Waals surface area contributed by atoms with Gasteiger partial charge in [0.1, 0.15) is 5.69 Å². The van der Waals surface area contributed by atoms with Gasteiger partial charge in [0.05, 0.1) is 6.54 Å². The molecule has 1 aliphatic heterocycles. The number of imidazole rings is 1. The van der Waals surface area contributed by atoms with Crippen molar-refractivity contribution < 1.29 is 4.79 Å². The molecular formula is C14H18N6O. The quantitative estimate of drug-likeness (QED) is 0.806. The smallest absolute Gasteiger partial charge is 0.242 e. The fourth-order valence-corrected chi connectivity index (χ4v) is 2.43. The first-order valence-electron chi connectivity index (χ1n) is 6.88. The third kappa shape index (κ3) is 2.46. The first-order chi connectivity index (χ1) is 10.1. The normalized spacial score (nSPS) is 19.2. The average molecular weight is 286 g/mol. The van der Waals surface area contributed by atoms with Gasteiger partial charge in [-0.15, -0.1) is 10.2 Å². The topological polar surface area (TPSA) is 67.2 Å². The van der Waals surface area contributed by atoms with Gasteiger partial charge in [0.25, 0.3) is 0 Å². The van der Waals surface area contributed by atoms with Crippen LogP contribution in [0, 0.1) is 0 Å². The van der Waals surface area contributed by atoms with Crippen molar-refractivity contribution in [2.75, 3.05) is 25.0 Å². The molecule has 0 aromatic carbocycles. The van der Waals surface area contributed by atoms with Gasteiger partial charge in [0.15, 0.2) is 11.6 Å². The molecule has 1 atom stereocenters. The van der Waals surface area contributed by atoms with Crippen molar-refractivity contribution in [1.82, 2.24) is 24.6 Å². The highest BCUT2D eigenvalue weighted by Crippen LogP contribution is 2.19. The zero-order valence-electron chi connectivity index (χ0n) is 12.4. The minimum absolute atomic E-state index is 0.101. The lowest BCUT2D eigenvalue weighted by Gasteiger charge is -2.37. The van der Waals surface area contributed by atoms with Crippen molar-refractivity contribution >= 4 is 11.7 Å². The first kappa shape index (κ1) is 13.5. The van der Waals surface area contributed by atoms with Crippen molar-refractivity contribution in [2.24, 2.45) is 7.05 Å². The Hall–Kier alpha value is -2.44. The Morgan fingerprint density at radius 3 is 2.62 bits per heavy atom. The molecule has 1 saturated heterocycles. The summed E-state index contributed by atoms with van der Waals surface area (Å²) in [4.78, 5) is 19.9. The molecule has 0 spiro atoms. The molecule has 2 aromatic rings. The van der Waals surface area contributed by atoms with E-state index in [1.54, 1.807) is 11.1 Å². The summed E-state index contributed by atoms with van der Waals surface area (Å²) >= 11 is 0. The lowest BCUT2D eigenvalue weighted by molar-refractivity contribution is -0.131. The van der Waals surface area contributed by atoms with Gasteiger partial charge in [0, 0.05) is 39.1 Å². The van der Waals surface area contributed by atoms with Crippen LogP contribution in [-0.4, -0.2) is 56.7 Å². The molecular weight excluding hydrogens is 268 g/mol. The van der Waals surface area contributed by atoms with Gasteiger partial charge in [-0.25, -0.2) is 4.98 Å². The van der Waals surface area contributed by atoms with E-state index in [-0.39, 0.29) is 11.9 Å². The van der Waals surface area contributed by atoms with E-state index in [1.165, 1.54) is 0 Å². The van der Waals surface area contributed by atoms with Crippen LogP contribution in [0.5, 0.6) is 0 Å². The van der Waals surface area contributed by atoms with E-state index in [0.717, 1.165) is 23.9 Å². The Kier molecular flexibility index (Phi) is 3.32. The molecule has 21 heavy (non-hydrogen) atoms. The Balaban J connectivity index is 1.82. The highest BCUT2D eigenvalue weighted by molar-refractivity contribution is 5.82. The second-order valence-electron chi connectivity index (χ2n) is 5.37. The number of hydrogen-bond donors (Lipinski definition) is 0. The van der Waals surface area contributed by atoms with Crippen molar-refractivity contribution in [3.8, 4) is 11.5 Å². The Morgan fingerprint density at radius 1 is 1.24 bits per heavy atom. The maximum absolute atomic E-state index is 11.9. The number of rotatable bonds is 2. The third-order valence-corrected chi connectivity index (χ3v) is 3.89. The van der Waals surface area contributed by atoms with Crippen molar-refractivity contribution in [3.63, 3.8) is 0 Å². The van der Waals surface area contributed by atoms with Gasteiger partial charge < -0.3 is 14.4 Å². The summed E-state index contributed by atoms with van der Waals surface area (Å²) < 4.78 is 1.89. The number of hydrogen-bond acceptors (Lipinski definition) is 5. The van der Waals surface area contributed by atoms with Crippen LogP contribution in [0.1, 0.15) is 6.92 Å². The third-order valence-electron chi connectivity index (χ3n) is 3.89. The predicted molar refractivity (Wildman–Crippen MR) is 78.7 cm³/mol. The van der Waals surface area contributed by atoms with Gasteiger partial charge in [-0.3, -0.25) is 4.79 Å². The summed E-state index contributed by atoms with van der Waals surface area (Å²) in [6, 6.07) is 3.95. The summed E-state index contributed by atoms with van der Waals surface area (Å²) in [7, 11) is 3.75. The summed E-state index contributed by atoms with van der Waals surface area (Å²) in [5.74, 6) is 1.60. The molecule has 0 radical (unpaired) electrons. The Bertz CT molecular complexity index is 650. The van der Waals surface area contributed by atoms with E-state index in [1.807, 2.05) is 48.8 Å². The molecule has 110 valence electrons. The van der Waals surface area contributed by atoms with Gasteiger partial charge >= 0.3 is 0 Å². The summed E-state index contributed by atoms with van der Waals surface area (Å²) in [5.41, 5.74) is 0.722. The predicted octanol–water partition coefficient (Wildman–Crippen LogP) is 0.544. The molecule has 0 aliphatic carbocycles. The van der Waals surface area contributed by atoms with Gasteiger partial charge in [-0.1, -0.05) is 0 Å². The number of piperazine rings is 1. The zero-order chi connectivity index (χ0) is 15.0. The molecule has 0 unspecified atom stereocenters. The van der Waals surface area contributed by atoms with Crippen LogP contribution in [0.4, 0.5) is 5.82 Å². The molecule has 1 fully saturated rings. The molecule has 0 bridgehead atoms. The maximum atomic E-state index is 11.9. The number of nitrogens with zero attached hydrogens (tertiary/aromatic N) is 6. The largest absolute Gasteiger partial charge is 0.344 e. The van der Waals surface area contributed by atoms with E-state index < -0.39 is 0 Å². The van der Waals surface area contributed by atoms with Gasteiger partial charge in [-0.05, 0) is 19.1 Å². The van der Waals surface area contributed by atoms with Crippen LogP contribution >= 0.6 is 0 Å². The van der Waals surface area contributed by atoms with Crippen molar-refractivity contribution in [2.45, 2.75) is 13.0 Å². The fourth-order valence-electron chi connectivity index (χ4n) is 2.43. The molecule has 1 amide bonds. The van der Waals surface area contributed by atoms with E-state index in [4.69, 9.17) is 0 Å². The standard InChI is InChI=1S/C14H18N6O/c1-10-8-20(9-13(21)19(10)3)12-5-4-11(16-17-12)14-15-6-7-18(14)2/h4-7,10H,8-9H2,1-3H3/t10-/m0/s1. The second-order valence-corrected chi connectivity index (χ2v) is 5.37. The van der Waals surface area contributed by atoms with E-state index in [0.29, 0.717) is 6.54 Å². The molecule has 7 heteroatoms. The van der Waals surface area contributed by atoms with Crippen molar-refractivity contribution in [1.29, 1.82) is 0 Å². The van der Waals surface area contributed by atoms with Crippen LogP contribution in [0.25, 0.3) is 11.5 Å². The molecule has 7 nitrogen and oxygen atoms in total. The molecule has 0 saturated carbocycles. The highest BCUT2D eigenvalue weighted by Gasteiger charge is 2.27. The van der Waals surface area contributed by atoms with E-state index in [9.17, 15) is 4.79 Å². The summed E-state index contributed by atoms with van der Waals surface area (Å²) in [6.07, 6.45) is 3.59. The minimum Gasteiger partial charge on any atom is -0.344 e. The zero-order valence-corrected chi connectivity index (χ0v) is 12.4. The number of carbonyl (C=O) groups excluding carboxylic acids is 1. The molecule has 3 heterocycles. The number of carbonyl (C=O) groups is 1. The monoisotopic (exact) mass is 286 g/mol. The average Bonchev–Trinajstić information content (AvgIpc) is 2.90. The number of aryl methyl sites for hydroxylation is 1. The van der Waals surface area contributed by atoms with Crippen LogP contribution in [-0.2, 0) is 11.8 Å². The van der Waals surface area contributed by atoms with Gasteiger partial charge in [0.2, 0.25) is 5.91 Å². The number of aromatic nitrogens is 4. The summed E-state index contributed by atoms with van der Waals surface area (Å²) in [6.45, 7) is 3.13. The first-order valence-corrected chi connectivity index (χ1v) is 6.88. The lowest BCUT2D eigenvalue weighted by Crippen LogP contribution is -2.53. The molecule has 0 N–H and O–H groups in total. The maximum Gasteiger partial charge on any atom is 0.242 e. The Morgan fingerprint density at radius 2 is 2.05 bits per heavy atom. The second kappa shape index (κ2) is 5.16. The van der Waals surface area contributed by atoms with Crippen LogP contribution in [0.3, 0.4) is 0 Å². The SMILES string of the molecule is C[C@H]1CN(c2ccc(-c3nccn3C)nn2)CC(=O)N1C. The summed E-state index contributed by atoms with van der Waals surface area (Å²) in [5, 5.41) is 8.47. The highest BCUT2D eigenvalue weighted by atomic mass is 16.2. The van der Waals surface area contributed by atoms with E-state index >= 15 is 0 Å².